The Morgan fingerprint density at radius 3 is 2.91 bits per heavy atom. The van der Waals surface area contributed by atoms with Crippen LogP contribution in [0.2, 0.25) is 0 Å². The number of rotatable bonds is 5. The van der Waals surface area contributed by atoms with Crippen LogP contribution >= 0.6 is 11.3 Å². The van der Waals surface area contributed by atoms with Crippen LogP contribution in [0.25, 0.3) is 0 Å². The molecule has 1 aliphatic heterocycles. The number of carbonyl (C=O) groups is 2. The molecule has 3 rings (SSSR count). The van der Waals surface area contributed by atoms with Crippen molar-refractivity contribution in [1.82, 2.24) is 5.32 Å². The van der Waals surface area contributed by atoms with Gasteiger partial charge in [0, 0.05) is 11.9 Å². The summed E-state index contributed by atoms with van der Waals surface area (Å²) in [5, 5.41) is 6.19. The monoisotopic (exact) mass is 333 g/mol. The quantitative estimate of drug-likeness (QED) is 0.850. The molecule has 1 atom stereocenters. The molecule has 0 saturated carbocycles. The number of benzene rings is 1. The lowest BCUT2D eigenvalue weighted by Crippen LogP contribution is -2.35. The van der Waals surface area contributed by atoms with E-state index in [1.165, 1.54) is 11.3 Å². The van der Waals surface area contributed by atoms with E-state index in [0.717, 1.165) is 5.56 Å². The lowest BCUT2D eigenvalue weighted by molar-refractivity contribution is -0.129. The molecule has 2 aromatic rings. The summed E-state index contributed by atoms with van der Waals surface area (Å²) in [5.74, 6) is 0.495. The molecule has 0 unspecified atom stereocenters. The predicted octanol–water partition coefficient (Wildman–Crippen LogP) is 2.34. The van der Waals surface area contributed by atoms with Gasteiger partial charge >= 0.3 is 5.97 Å². The summed E-state index contributed by atoms with van der Waals surface area (Å²) < 4.78 is 15.6. The molecule has 7 heteroatoms. The van der Waals surface area contributed by atoms with E-state index in [-0.39, 0.29) is 12.7 Å². The minimum Gasteiger partial charge on any atom is -0.454 e. The molecular formula is C16H15NO5S. The molecule has 0 bridgehead atoms. The zero-order valence-electron chi connectivity index (χ0n) is 12.4. The second-order valence-electron chi connectivity index (χ2n) is 4.96. The normalized spacial score (nSPS) is 13.4. The lowest BCUT2D eigenvalue weighted by atomic mass is 10.2. The highest BCUT2D eigenvalue weighted by Crippen LogP contribution is 2.32. The van der Waals surface area contributed by atoms with Crippen molar-refractivity contribution >= 4 is 23.2 Å². The Balaban J connectivity index is 1.51. The van der Waals surface area contributed by atoms with Gasteiger partial charge in [-0.3, -0.25) is 4.79 Å². The zero-order chi connectivity index (χ0) is 16.2. The SMILES string of the molecule is C[C@H](OC(=O)c1ccsc1)C(=O)NCc1ccc2c(c1)OCO2. The summed E-state index contributed by atoms with van der Waals surface area (Å²) in [5.41, 5.74) is 1.32. The molecule has 0 saturated heterocycles. The van der Waals surface area contributed by atoms with Crippen molar-refractivity contribution in [3.63, 3.8) is 0 Å². The zero-order valence-corrected chi connectivity index (χ0v) is 13.2. The van der Waals surface area contributed by atoms with Crippen molar-refractivity contribution in [2.24, 2.45) is 0 Å². The topological polar surface area (TPSA) is 73.9 Å². The fourth-order valence-corrected chi connectivity index (χ4v) is 2.67. The summed E-state index contributed by atoms with van der Waals surface area (Å²) in [6.45, 7) is 2.07. The number of esters is 1. The number of hydrogen-bond donors (Lipinski definition) is 1. The third-order valence-corrected chi connectivity index (χ3v) is 4.00. The number of fused-ring (bicyclic) bond motifs is 1. The molecule has 1 aromatic heterocycles. The van der Waals surface area contributed by atoms with Crippen LogP contribution in [-0.4, -0.2) is 24.8 Å². The summed E-state index contributed by atoms with van der Waals surface area (Å²) in [4.78, 5) is 23.8. The van der Waals surface area contributed by atoms with E-state index in [1.807, 2.05) is 12.1 Å². The number of amides is 1. The van der Waals surface area contributed by atoms with Crippen molar-refractivity contribution < 1.29 is 23.8 Å². The summed E-state index contributed by atoms with van der Waals surface area (Å²) in [6, 6.07) is 7.11. The molecule has 0 spiro atoms. The van der Waals surface area contributed by atoms with E-state index in [4.69, 9.17) is 14.2 Å². The summed E-state index contributed by atoms with van der Waals surface area (Å²) >= 11 is 1.40. The van der Waals surface area contributed by atoms with Gasteiger partial charge in [0.1, 0.15) is 0 Å². The Hall–Kier alpha value is -2.54. The Bertz CT molecular complexity index is 713. The lowest BCUT2D eigenvalue weighted by Gasteiger charge is -2.13. The third-order valence-electron chi connectivity index (χ3n) is 3.31. The Morgan fingerprint density at radius 2 is 2.13 bits per heavy atom. The van der Waals surface area contributed by atoms with E-state index in [0.29, 0.717) is 23.6 Å². The molecule has 6 nitrogen and oxygen atoms in total. The van der Waals surface area contributed by atoms with Gasteiger partial charge in [-0.25, -0.2) is 4.79 Å². The standard InChI is InChI=1S/C16H15NO5S/c1-10(22-16(19)12-4-5-23-8-12)15(18)17-7-11-2-3-13-14(6-11)21-9-20-13/h2-6,8,10H,7,9H2,1H3,(H,17,18)/t10-/m0/s1. The fourth-order valence-electron chi connectivity index (χ4n) is 2.05. The molecular weight excluding hydrogens is 318 g/mol. The molecule has 1 aromatic carbocycles. The molecule has 23 heavy (non-hydrogen) atoms. The Kier molecular flexibility index (Phi) is 4.47. The molecule has 0 radical (unpaired) electrons. The second-order valence-corrected chi connectivity index (χ2v) is 5.75. The van der Waals surface area contributed by atoms with Crippen LogP contribution in [-0.2, 0) is 16.1 Å². The van der Waals surface area contributed by atoms with E-state index in [2.05, 4.69) is 5.32 Å². The molecule has 0 aliphatic carbocycles. The largest absolute Gasteiger partial charge is 0.454 e. The van der Waals surface area contributed by atoms with Crippen molar-refractivity contribution in [1.29, 1.82) is 0 Å². The van der Waals surface area contributed by atoms with E-state index in [9.17, 15) is 9.59 Å². The third kappa shape index (κ3) is 3.62. The van der Waals surface area contributed by atoms with Gasteiger partial charge in [-0.15, -0.1) is 0 Å². The molecule has 1 amide bonds. The number of carbonyl (C=O) groups excluding carboxylic acids is 2. The van der Waals surface area contributed by atoms with E-state index < -0.39 is 12.1 Å². The fraction of sp³-hybridized carbons (Fsp3) is 0.250. The minimum atomic E-state index is -0.864. The number of hydrogen-bond acceptors (Lipinski definition) is 6. The van der Waals surface area contributed by atoms with Crippen LogP contribution in [0.4, 0.5) is 0 Å². The van der Waals surface area contributed by atoms with Gasteiger partial charge in [-0.05, 0) is 36.1 Å². The number of nitrogens with one attached hydrogen (secondary N) is 1. The van der Waals surface area contributed by atoms with Gasteiger partial charge in [0.25, 0.3) is 5.91 Å². The smallest absolute Gasteiger partial charge is 0.339 e. The van der Waals surface area contributed by atoms with Gasteiger partial charge in [0.05, 0.1) is 5.56 Å². The summed E-state index contributed by atoms with van der Waals surface area (Å²) in [6.07, 6.45) is -0.864. The maximum atomic E-state index is 12.0. The summed E-state index contributed by atoms with van der Waals surface area (Å²) in [7, 11) is 0. The average Bonchev–Trinajstić information content (AvgIpc) is 3.22. The number of thiophene rings is 1. The van der Waals surface area contributed by atoms with Gasteiger partial charge < -0.3 is 19.5 Å². The van der Waals surface area contributed by atoms with Crippen LogP contribution in [0.3, 0.4) is 0 Å². The van der Waals surface area contributed by atoms with Crippen molar-refractivity contribution in [2.75, 3.05) is 6.79 Å². The van der Waals surface area contributed by atoms with Crippen LogP contribution in [0.15, 0.2) is 35.0 Å². The van der Waals surface area contributed by atoms with E-state index >= 15 is 0 Å². The predicted molar refractivity (Wildman–Crippen MR) is 83.6 cm³/mol. The highest BCUT2D eigenvalue weighted by Gasteiger charge is 2.19. The van der Waals surface area contributed by atoms with Crippen molar-refractivity contribution in [3.8, 4) is 11.5 Å². The first kappa shape index (κ1) is 15.4. The van der Waals surface area contributed by atoms with Gasteiger partial charge in [0.2, 0.25) is 6.79 Å². The second kappa shape index (κ2) is 6.70. The van der Waals surface area contributed by atoms with Crippen LogP contribution in [0.1, 0.15) is 22.8 Å². The molecule has 1 N–H and O–H groups in total. The van der Waals surface area contributed by atoms with Gasteiger partial charge in [0.15, 0.2) is 17.6 Å². The highest BCUT2D eigenvalue weighted by molar-refractivity contribution is 7.08. The van der Waals surface area contributed by atoms with Gasteiger partial charge in [-0.1, -0.05) is 6.07 Å². The van der Waals surface area contributed by atoms with E-state index in [1.54, 1.807) is 29.8 Å². The maximum Gasteiger partial charge on any atom is 0.339 e. The van der Waals surface area contributed by atoms with Crippen LogP contribution in [0.5, 0.6) is 11.5 Å². The Morgan fingerprint density at radius 1 is 1.30 bits per heavy atom. The first-order chi connectivity index (χ1) is 11.1. The van der Waals surface area contributed by atoms with Crippen LogP contribution < -0.4 is 14.8 Å². The maximum absolute atomic E-state index is 12.0. The highest BCUT2D eigenvalue weighted by atomic mass is 32.1. The molecule has 0 fully saturated rings. The minimum absolute atomic E-state index is 0.209. The first-order valence-corrected chi connectivity index (χ1v) is 7.97. The number of ether oxygens (including phenoxy) is 3. The molecule has 1 aliphatic rings. The van der Waals surface area contributed by atoms with Gasteiger partial charge in [-0.2, -0.15) is 11.3 Å². The molecule has 120 valence electrons. The Labute approximate surface area is 137 Å². The van der Waals surface area contributed by atoms with Crippen LogP contribution in [0, 0.1) is 0 Å². The molecule has 2 heterocycles. The average molecular weight is 333 g/mol. The first-order valence-electron chi connectivity index (χ1n) is 7.03. The van der Waals surface area contributed by atoms with Crippen molar-refractivity contribution in [3.05, 3.63) is 46.2 Å². The van der Waals surface area contributed by atoms with Crippen molar-refractivity contribution in [2.45, 2.75) is 19.6 Å².